The van der Waals surface area contributed by atoms with Crippen molar-refractivity contribution in [3.05, 3.63) is 35.9 Å². The summed E-state index contributed by atoms with van der Waals surface area (Å²) < 4.78 is 5.01. The van der Waals surface area contributed by atoms with E-state index in [0.29, 0.717) is 5.56 Å². The molecule has 1 aromatic rings. The lowest BCUT2D eigenvalue weighted by Crippen LogP contribution is -2.22. The van der Waals surface area contributed by atoms with Gasteiger partial charge in [-0.1, -0.05) is 30.3 Å². The van der Waals surface area contributed by atoms with Gasteiger partial charge >= 0.3 is 6.09 Å². The molecule has 0 aliphatic carbocycles. The summed E-state index contributed by atoms with van der Waals surface area (Å²) in [5, 5.41) is 8.94. The highest BCUT2D eigenvalue weighted by molar-refractivity contribution is 6.14. The number of benzene rings is 1. The molecular formula is C13H14N2O2. The van der Waals surface area contributed by atoms with Crippen molar-refractivity contribution in [2.24, 2.45) is 4.99 Å². The second-order valence-corrected chi connectivity index (χ2v) is 4.42. The van der Waals surface area contributed by atoms with Crippen LogP contribution in [0.1, 0.15) is 26.3 Å². The van der Waals surface area contributed by atoms with Crippen molar-refractivity contribution in [1.29, 1.82) is 5.26 Å². The van der Waals surface area contributed by atoms with Crippen molar-refractivity contribution in [3.63, 3.8) is 0 Å². The quantitative estimate of drug-likeness (QED) is 0.697. The fourth-order valence-corrected chi connectivity index (χ4v) is 1.13. The number of amides is 1. The summed E-state index contributed by atoms with van der Waals surface area (Å²) in [7, 11) is 0. The Kier molecular flexibility index (Phi) is 4.00. The summed E-state index contributed by atoms with van der Waals surface area (Å²) in [5.74, 6) is 0. The molecule has 0 unspecified atom stereocenters. The van der Waals surface area contributed by atoms with Crippen molar-refractivity contribution in [1.82, 2.24) is 0 Å². The van der Waals surface area contributed by atoms with Gasteiger partial charge in [0.1, 0.15) is 11.7 Å². The lowest BCUT2D eigenvalue weighted by molar-refractivity contribution is 0.0604. The van der Waals surface area contributed by atoms with Gasteiger partial charge in [0.15, 0.2) is 5.71 Å². The fraction of sp³-hybridized carbons (Fsp3) is 0.308. The normalized spacial score (nSPS) is 11.8. The van der Waals surface area contributed by atoms with E-state index in [1.807, 2.05) is 12.1 Å². The molecule has 0 saturated heterocycles. The van der Waals surface area contributed by atoms with Crippen LogP contribution in [0, 0.1) is 11.3 Å². The van der Waals surface area contributed by atoms with Gasteiger partial charge in [0.25, 0.3) is 0 Å². The summed E-state index contributed by atoms with van der Waals surface area (Å²) >= 11 is 0. The van der Waals surface area contributed by atoms with Crippen LogP contribution in [-0.2, 0) is 4.74 Å². The number of aliphatic imine (C=N–C) groups is 1. The van der Waals surface area contributed by atoms with Crippen LogP contribution in [0.15, 0.2) is 35.3 Å². The smallest absolute Gasteiger partial charge is 0.435 e. The minimum absolute atomic E-state index is 0.0554. The summed E-state index contributed by atoms with van der Waals surface area (Å²) in [4.78, 5) is 15.1. The molecule has 0 saturated carbocycles. The average molecular weight is 230 g/mol. The largest absolute Gasteiger partial charge is 0.442 e. The molecule has 1 rings (SSSR count). The number of hydrogen-bond donors (Lipinski definition) is 0. The predicted molar refractivity (Wildman–Crippen MR) is 64.8 cm³/mol. The van der Waals surface area contributed by atoms with Gasteiger partial charge in [-0.05, 0) is 20.8 Å². The van der Waals surface area contributed by atoms with E-state index in [2.05, 4.69) is 4.99 Å². The second-order valence-electron chi connectivity index (χ2n) is 4.42. The molecule has 0 aliphatic heterocycles. The molecule has 1 amide bonds. The van der Waals surface area contributed by atoms with Gasteiger partial charge in [0.2, 0.25) is 0 Å². The minimum atomic E-state index is -0.752. The van der Waals surface area contributed by atoms with Crippen molar-refractivity contribution in [2.75, 3.05) is 0 Å². The Bertz CT molecular complexity index is 464. The maximum absolute atomic E-state index is 11.4. The van der Waals surface area contributed by atoms with Crippen molar-refractivity contribution >= 4 is 11.8 Å². The number of rotatable bonds is 1. The monoisotopic (exact) mass is 230 g/mol. The minimum Gasteiger partial charge on any atom is -0.442 e. The molecular weight excluding hydrogens is 216 g/mol. The Morgan fingerprint density at radius 2 is 1.88 bits per heavy atom. The van der Waals surface area contributed by atoms with Gasteiger partial charge in [0.05, 0.1) is 0 Å². The van der Waals surface area contributed by atoms with Crippen molar-refractivity contribution in [2.45, 2.75) is 26.4 Å². The summed E-state index contributed by atoms with van der Waals surface area (Å²) in [5.41, 5.74) is 0.0402. The fourth-order valence-electron chi connectivity index (χ4n) is 1.13. The topological polar surface area (TPSA) is 62.4 Å². The first kappa shape index (κ1) is 12.9. The third-order valence-electron chi connectivity index (χ3n) is 1.75. The van der Waals surface area contributed by atoms with Crippen LogP contribution in [0.3, 0.4) is 0 Å². The lowest BCUT2D eigenvalue weighted by Gasteiger charge is -2.17. The highest BCUT2D eigenvalue weighted by atomic mass is 16.6. The number of carbonyl (C=O) groups excluding carboxylic acids is 1. The zero-order valence-electron chi connectivity index (χ0n) is 10.1. The molecule has 0 N–H and O–H groups in total. The van der Waals surface area contributed by atoms with E-state index in [1.54, 1.807) is 45.0 Å². The van der Waals surface area contributed by atoms with Crippen LogP contribution in [-0.4, -0.2) is 17.4 Å². The molecule has 0 spiro atoms. The van der Waals surface area contributed by atoms with Crippen molar-refractivity contribution in [3.8, 4) is 6.07 Å². The molecule has 88 valence electrons. The van der Waals surface area contributed by atoms with Crippen LogP contribution >= 0.6 is 0 Å². The predicted octanol–water partition coefficient (Wildman–Crippen LogP) is 2.93. The van der Waals surface area contributed by atoms with Gasteiger partial charge in [-0.25, -0.2) is 4.79 Å². The first-order chi connectivity index (χ1) is 7.92. The van der Waals surface area contributed by atoms with Gasteiger partial charge < -0.3 is 4.74 Å². The third-order valence-corrected chi connectivity index (χ3v) is 1.75. The first-order valence-corrected chi connectivity index (χ1v) is 5.19. The number of nitrogens with zero attached hydrogens (tertiary/aromatic N) is 2. The highest BCUT2D eigenvalue weighted by Crippen LogP contribution is 2.09. The molecule has 0 aromatic heterocycles. The Balaban J connectivity index is 2.90. The molecule has 0 heterocycles. The molecule has 0 atom stereocenters. The molecule has 1 aromatic carbocycles. The Hall–Kier alpha value is -2.15. The summed E-state index contributed by atoms with van der Waals surface area (Å²) in [6.07, 6.45) is -0.752. The van der Waals surface area contributed by atoms with E-state index in [4.69, 9.17) is 10.00 Å². The molecule has 17 heavy (non-hydrogen) atoms. The van der Waals surface area contributed by atoms with E-state index in [9.17, 15) is 4.79 Å². The highest BCUT2D eigenvalue weighted by Gasteiger charge is 2.16. The van der Waals surface area contributed by atoms with Gasteiger partial charge in [-0.3, -0.25) is 0 Å². The van der Waals surface area contributed by atoms with Crippen LogP contribution < -0.4 is 0 Å². The van der Waals surface area contributed by atoms with Gasteiger partial charge in [-0.2, -0.15) is 10.3 Å². The maximum Gasteiger partial charge on any atom is 0.435 e. The molecule has 4 heteroatoms. The standard InChI is InChI=1S/C13H14N2O2/c1-13(2,3)17-12(16)15-11(9-14)10-7-5-4-6-8-10/h4-8H,1-3H3/b15-11+. The Morgan fingerprint density at radius 1 is 1.29 bits per heavy atom. The molecule has 0 bridgehead atoms. The third kappa shape index (κ3) is 4.47. The number of ether oxygens (including phenoxy) is 1. The maximum atomic E-state index is 11.4. The molecule has 0 radical (unpaired) electrons. The lowest BCUT2D eigenvalue weighted by atomic mass is 10.1. The first-order valence-electron chi connectivity index (χ1n) is 5.19. The van der Waals surface area contributed by atoms with Crippen LogP contribution in [0.5, 0.6) is 0 Å². The summed E-state index contributed by atoms with van der Waals surface area (Å²) in [6, 6.07) is 10.7. The zero-order chi connectivity index (χ0) is 12.9. The molecule has 0 aliphatic rings. The van der Waals surface area contributed by atoms with E-state index in [1.165, 1.54) is 0 Å². The van der Waals surface area contributed by atoms with Gasteiger partial charge in [0, 0.05) is 5.56 Å². The summed E-state index contributed by atoms with van der Waals surface area (Å²) in [6.45, 7) is 5.24. The number of nitriles is 1. The number of hydrogen-bond acceptors (Lipinski definition) is 3. The van der Waals surface area contributed by atoms with E-state index in [0.717, 1.165) is 0 Å². The Morgan fingerprint density at radius 3 is 2.35 bits per heavy atom. The SMILES string of the molecule is CC(C)(C)OC(=O)/N=C(\C#N)c1ccccc1. The number of carbonyl (C=O) groups is 1. The second kappa shape index (κ2) is 5.26. The average Bonchev–Trinajstić information content (AvgIpc) is 2.24. The van der Waals surface area contributed by atoms with E-state index >= 15 is 0 Å². The van der Waals surface area contributed by atoms with Crippen LogP contribution in [0.25, 0.3) is 0 Å². The Labute approximate surface area is 101 Å². The zero-order valence-corrected chi connectivity index (χ0v) is 10.1. The van der Waals surface area contributed by atoms with E-state index < -0.39 is 11.7 Å². The van der Waals surface area contributed by atoms with Gasteiger partial charge in [-0.15, -0.1) is 0 Å². The van der Waals surface area contributed by atoms with Crippen LogP contribution in [0.4, 0.5) is 4.79 Å². The van der Waals surface area contributed by atoms with Crippen LogP contribution in [0.2, 0.25) is 0 Å². The van der Waals surface area contributed by atoms with Crippen molar-refractivity contribution < 1.29 is 9.53 Å². The molecule has 4 nitrogen and oxygen atoms in total. The molecule has 0 fully saturated rings. The van der Waals surface area contributed by atoms with E-state index in [-0.39, 0.29) is 5.71 Å².